The number of rotatable bonds is 5. The molecule has 0 spiro atoms. The maximum atomic E-state index is 11.3. The first-order valence-electron chi connectivity index (χ1n) is 6.71. The Morgan fingerprint density at radius 3 is 2.52 bits per heavy atom. The second-order valence-electron chi connectivity index (χ2n) is 5.21. The number of ether oxygens (including phenoxy) is 1. The second-order valence-corrected chi connectivity index (χ2v) is 7.66. The second kappa shape index (κ2) is 7.45. The van der Waals surface area contributed by atoms with Gasteiger partial charge in [0.15, 0.2) is 10.1 Å². The Labute approximate surface area is 153 Å². The highest BCUT2D eigenvalue weighted by molar-refractivity contribution is 6.48. The summed E-state index contributed by atoms with van der Waals surface area (Å²) in [6.45, 7) is 1.23. The molecule has 1 unspecified atom stereocenters. The minimum Gasteiger partial charge on any atom is -0.487 e. The van der Waals surface area contributed by atoms with Gasteiger partial charge >= 0.3 is 0 Å². The average Bonchev–Trinajstić information content (AvgIpc) is 2.46. The van der Waals surface area contributed by atoms with Gasteiger partial charge in [-0.05, 0) is 12.1 Å². The van der Waals surface area contributed by atoms with E-state index in [2.05, 4.69) is 10.5 Å². The van der Waals surface area contributed by atoms with Gasteiger partial charge in [0.1, 0.15) is 6.61 Å². The summed E-state index contributed by atoms with van der Waals surface area (Å²) in [5, 5.41) is 13.6. The molecule has 0 aromatic heterocycles. The topological polar surface area (TPSA) is 70.9 Å². The summed E-state index contributed by atoms with van der Waals surface area (Å²) >= 11 is 24.0. The van der Waals surface area contributed by atoms with Crippen LogP contribution in [-0.2, 0) is 4.79 Å². The van der Waals surface area contributed by atoms with E-state index in [0.717, 1.165) is 0 Å². The van der Waals surface area contributed by atoms with Crippen molar-refractivity contribution >= 4 is 58.0 Å². The number of alkyl halides is 2. The lowest BCUT2D eigenvalue weighted by Crippen LogP contribution is -2.32. The summed E-state index contributed by atoms with van der Waals surface area (Å²) in [5.41, 5.74) is 3.80. The molecule has 1 heterocycles. The molecular formula is C14H14Cl4N2O3. The van der Waals surface area contributed by atoms with E-state index >= 15 is 0 Å². The average molecular weight is 400 g/mol. The van der Waals surface area contributed by atoms with Crippen molar-refractivity contribution in [3.05, 3.63) is 27.7 Å². The fourth-order valence-electron chi connectivity index (χ4n) is 2.07. The highest BCUT2D eigenvalue weighted by Crippen LogP contribution is 2.36. The fourth-order valence-corrected chi connectivity index (χ4v) is 2.78. The van der Waals surface area contributed by atoms with Gasteiger partial charge in [0.25, 0.3) is 0 Å². The third kappa shape index (κ3) is 4.64. The van der Waals surface area contributed by atoms with Crippen molar-refractivity contribution in [2.75, 3.05) is 13.2 Å². The number of amides is 1. The van der Waals surface area contributed by atoms with Crippen LogP contribution in [0.25, 0.3) is 0 Å². The van der Waals surface area contributed by atoms with Crippen molar-refractivity contribution in [3.8, 4) is 5.75 Å². The molecule has 0 saturated heterocycles. The predicted octanol–water partition coefficient (Wildman–Crippen LogP) is 3.40. The van der Waals surface area contributed by atoms with E-state index in [4.69, 9.17) is 56.2 Å². The number of nitrogens with zero attached hydrogens (tertiary/aromatic N) is 1. The first-order chi connectivity index (χ1) is 10.7. The predicted molar refractivity (Wildman–Crippen MR) is 91.9 cm³/mol. The van der Waals surface area contributed by atoms with Crippen LogP contribution in [0.4, 0.5) is 0 Å². The lowest BCUT2D eigenvalue weighted by molar-refractivity contribution is -0.121. The third-order valence-corrected chi connectivity index (χ3v) is 4.23. The Bertz CT molecular complexity index is 626. The lowest BCUT2D eigenvalue weighted by Gasteiger charge is -2.21. The zero-order chi connectivity index (χ0) is 17.2. The van der Waals surface area contributed by atoms with Gasteiger partial charge in [-0.25, -0.2) is 5.43 Å². The van der Waals surface area contributed by atoms with E-state index < -0.39 is 10.9 Å². The number of nitrogens with one attached hydrogen (secondary N) is 1. The smallest absolute Gasteiger partial charge is 0.240 e. The van der Waals surface area contributed by atoms with Crippen LogP contribution in [0, 0.1) is 5.92 Å². The number of aliphatic hydroxyl groups excluding tert-OH is 1. The molecule has 1 aliphatic rings. The van der Waals surface area contributed by atoms with Gasteiger partial charge in [-0.15, -0.1) is 0 Å². The Morgan fingerprint density at radius 2 is 2.00 bits per heavy atom. The van der Waals surface area contributed by atoms with Crippen molar-refractivity contribution in [3.63, 3.8) is 0 Å². The molecule has 23 heavy (non-hydrogen) atoms. The summed E-state index contributed by atoms with van der Waals surface area (Å²) in [7, 11) is 0. The number of hydrazone groups is 1. The normalized spacial score (nSPS) is 18.4. The highest BCUT2D eigenvalue weighted by atomic mass is 35.5. The minimum absolute atomic E-state index is 0.0598. The molecule has 1 aromatic rings. The van der Waals surface area contributed by atoms with Crippen LogP contribution in [0.15, 0.2) is 17.2 Å². The molecule has 0 aliphatic carbocycles. The van der Waals surface area contributed by atoms with E-state index in [9.17, 15) is 4.79 Å². The van der Waals surface area contributed by atoms with Crippen molar-refractivity contribution in [1.29, 1.82) is 0 Å². The van der Waals surface area contributed by atoms with Crippen LogP contribution in [0.1, 0.15) is 18.9 Å². The number of halogens is 4. The van der Waals surface area contributed by atoms with Crippen molar-refractivity contribution in [1.82, 2.24) is 5.43 Å². The van der Waals surface area contributed by atoms with Crippen molar-refractivity contribution < 1.29 is 14.6 Å². The molecule has 1 aromatic carbocycles. The summed E-state index contributed by atoms with van der Waals surface area (Å²) in [4.78, 5) is 11.3. The zero-order valence-corrected chi connectivity index (χ0v) is 15.1. The summed E-state index contributed by atoms with van der Waals surface area (Å²) < 4.78 is 3.97. The van der Waals surface area contributed by atoms with Gasteiger partial charge in [-0.3, -0.25) is 4.79 Å². The van der Waals surface area contributed by atoms with E-state index in [1.807, 2.05) is 6.92 Å². The summed E-state index contributed by atoms with van der Waals surface area (Å²) in [5.74, 6) is 0.0163. The van der Waals surface area contributed by atoms with Gasteiger partial charge in [-0.1, -0.05) is 53.3 Å². The number of hydrogen-bond acceptors (Lipinski definition) is 4. The van der Waals surface area contributed by atoms with Crippen LogP contribution in [-0.4, -0.2) is 34.3 Å². The van der Waals surface area contributed by atoms with E-state index in [1.54, 1.807) is 12.1 Å². The molecule has 0 saturated carbocycles. The molecule has 0 radical (unpaired) electrons. The molecule has 9 heteroatoms. The van der Waals surface area contributed by atoms with Crippen LogP contribution >= 0.6 is 46.4 Å². The largest absolute Gasteiger partial charge is 0.487 e. The first kappa shape index (κ1) is 18.6. The number of benzene rings is 1. The third-order valence-electron chi connectivity index (χ3n) is 3.21. The van der Waals surface area contributed by atoms with E-state index in [-0.39, 0.29) is 34.2 Å². The molecule has 0 bridgehead atoms. The molecule has 2 N–H and O–H groups in total. The Morgan fingerprint density at radius 1 is 1.39 bits per heavy atom. The monoisotopic (exact) mass is 398 g/mol. The van der Waals surface area contributed by atoms with Gasteiger partial charge < -0.3 is 9.84 Å². The van der Waals surface area contributed by atoms with E-state index in [0.29, 0.717) is 17.7 Å². The number of aliphatic hydroxyl groups is 1. The van der Waals surface area contributed by atoms with E-state index in [1.165, 1.54) is 0 Å². The molecule has 1 aliphatic heterocycles. The van der Waals surface area contributed by atoms with Gasteiger partial charge in [0.05, 0.1) is 22.4 Å². The highest BCUT2D eigenvalue weighted by Gasteiger charge is 2.26. The number of carbonyl (C=O) groups is 1. The first-order valence-corrected chi connectivity index (χ1v) is 8.22. The van der Waals surface area contributed by atoms with Crippen molar-refractivity contribution in [2.45, 2.75) is 17.7 Å². The maximum Gasteiger partial charge on any atom is 0.240 e. The SMILES string of the molecule is CC1CC(=O)NN=C1c1cc(Cl)c(OCC(Cl)(Cl)CO)c(Cl)c1. The molecular weight excluding hydrogens is 386 g/mol. The van der Waals surface area contributed by atoms with Crippen LogP contribution < -0.4 is 10.2 Å². The van der Waals surface area contributed by atoms with Gasteiger partial charge in [0.2, 0.25) is 5.91 Å². The molecule has 1 amide bonds. The summed E-state index contributed by atoms with van der Waals surface area (Å²) in [6, 6.07) is 3.28. The quantitative estimate of drug-likeness (QED) is 0.745. The molecule has 126 valence electrons. The molecule has 0 fully saturated rings. The minimum atomic E-state index is -1.45. The Kier molecular flexibility index (Phi) is 6.03. The number of hydrogen-bond donors (Lipinski definition) is 2. The Hall–Kier alpha value is -0.720. The van der Waals surface area contributed by atoms with Crippen LogP contribution in [0.3, 0.4) is 0 Å². The maximum absolute atomic E-state index is 11.3. The van der Waals surface area contributed by atoms with Crippen LogP contribution in [0.2, 0.25) is 10.0 Å². The molecule has 2 rings (SSSR count). The molecule has 1 atom stereocenters. The van der Waals surface area contributed by atoms with Crippen molar-refractivity contribution in [2.24, 2.45) is 11.0 Å². The fraction of sp³-hybridized carbons (Fsp3) is 0.429. The number of carbonyl (C=O) groups excluding carboxylic acids is 1. The van der Waals surface area contributed by atoms with Crippen LogP contribution in [0.5, 0.6) is 5.75 Å². The lowest BCUT2D eigenvalue weighted by atomic mass is 9.94. The van der Waals surface area contributed by atoms with Gasteiger partial charge in [0, 0.05) is 17.9 Å². The summed E-state index contributed by atoms with van der Waals surface area (Å²) in [6.07, 6.45) is 0.337. The zero-order valence-electron chi connectivity index (χ0n) is 12.1. The standard InChI is InChI=1S/C14H14Cl4N2O3/c1-7-2-11(22)19-20-12(7)8-3-9(15)13(10(16)4-8)23-6-14(17,18)5-21/h3-4,7,21H,2,5-6H2,1H3,(H,19,22). The molecule has 5 nitrogen and oxygen atoms in total. The van der Waals surface area contributed by atoms with Gasteiger partial charge in [-0.2, -0.15) is 5.10 Å². The Balaban J connectivity index is 2.25.